The van der Waals surface area contributed by atoms with Crippen LogP contribution < -0.4 is 5.32 Å². The number of fused-ring (bicyclic) bond motifs is 1. The van der Waals surface area contributed by atoms with Crippen molar-refractivity contribution < 1.29 is 5.11 Å². The summed E-state index contributed by atoms with van der Waals surface area (Å²) in [6.45, 7) is 5.94. The maximum absolute atomic E-state index is 10.6. The topological polar surface area (TPSA) is 75.3 Å². The van der Waals surface area contributed by atoms with Gasteiger partial charge in [-0.15, -0.1) is 12.4 Å². The summed E-state index contributed by atoms with van der Waals surface area (Å²) in [4.78, 5) is 4.54. The lowest BCUT2D eigenvalue weighted by Gasteiger charge is -2.25. The zero-order valence-electron chi connectivity index (χ0n) is 16.3. The van der Waals surface area contributed by atoms with Crippen molar-refractivity contribution >= 4 is 18.1 Å². The first-order chi connectivity index (χ1) is 13.6. The summed E-state index contributed by atoms with van der Waals surface area (Å²) in [6.07, 6.45) is 4.05. The molecular formula is C22H22ClN5O. The molecule has 1 aliphatic rings. The van der Waals surface area contributed by atoms with Gasteiger partial charge in [0, 0.05) is 37.0 Å². The third-order valence-corrected chi connectivity index (χ3v) is 5.35. The van der Waals surface area contributed by atoms with Crippen molar-refractivity contribution in [1.29, 1.82) is 0 Å². The lowest BCUT2D eigenvalue weighted by molar-refractivity contribution is 0.436. The van der Waals surface area contributed by atoms with E-state index in [9.17, 15) is 5.11 Å². The van der Waals surface area contributed by atoms with Gasteiger partial charge in [-0.1, -0.05) is 6.07 Å². The van der Waals surface area contributed by atoms with Gasteiger partial charge in [-0.3, -0.25) is 0 Å². The molecule has 1 aromatic carbocycles. The number of imidazole rings is 1. The van der Waals surface area contributed by atoms with Crippen molar-refractivity contribution in [2.45, 2.75) is 19.8 Å². The molecule has 148 valence electrons. The van der Waals surface area contributed by atoms with E-state index in [0.717, 1.165) is 46.8 Å². The molecule has 1 saturated heterocycles. The van der Waals surface area contributed by atoms with Crippen molar-refractivity contribution in [2.75, 3.05) is 13.1 Å². The minimum atomic E-state index is 0. The molecule has 1 fully saturated rings. The van der Waals surface area contributed by atoms with Gasteiger partial charge in [0.05, 0.1) is 17.1 Å². The number of phenols is 1. The number of halogens is 1. The number of aromatic hydroxyl groups is 1. The Morgan fingerprint density at radius 1 is 1.00 bits per heavy atom. The minimum absolute atomic E-state index is 0. The van der Waals surface area contributed by atoms with Crippen molar-refractivity contribution in [2.24, 2.45) is 0 Å². The van der Waals surface area contributed by atoms with Gasteiger partial charge in [-0.25, -0.2) is 4.98 Å². The zero-order chi connectivity index (χ0) is 19.3. The lowest BCUT2D eigenvalue weighted by atomic mass is 9.98. The molecule has 0 spiro atoms. The maximum atomic E-state index is 10.6. The summed E-state index contributed by atoms with van der Waals surface area (Å²) in [7, 11) is 0. The monoisotopic (exact) mass is 407 g/mol. The third kappa shape index (κ3) is 3.45. The fraction of sp³-hybridized carbons (Fsp3) is 0.227. The molecule has 2 N–H and O–H groups in total. The van der Waals surface area contributed by atoms with Crippen LogP contribution in [0.2, 0.25) is 0 Å². The normalized spacial score (nSPS) is 13.9. The number of rotatable bonds is 3. The number of aryl methyl sites for hydroxylation is 2. The number of phenolic OH excluding ortho intramolecular Hbond substituents is 1. The van der Waals surface area contributed by atoms with Crippen LogP contribution in [0.1, 0.15) is 22.9 Å². The summed E-state index contributed by atoms with van der Waals surface area (Å²) in [5, 5.41) is 22.5. The number of hydrogen-bond donors (Lipinski definition) is 2. The van der Waals surface area contributed by atoms with Gasteiger partial charge in [0.15, 0.2) is 0 Å². The molecule has 5 rings (SSSR count). The molecule has 29 heavy (non-hydrogen) atoms. The highest BCUT2D eigenvalue weighted by Gasteiger charge is 2.20. The summed E-state index contributed by atoms with van der Waals surface area (Å²) in [5.41, 5.74) is 7.38. The van der Waals surface area contributed by atoms with Crippen LogP contribution in [0.3, 0.4) is 0 Å². The lowest BCUT2D eigenvalue weighted by Crippen LogP contribution is -2.40. The Morgan fingerprint density at radius 3 is 2.48 bits per heavy atom. The number of hydrogen-bond acceptors (Lipinski definition) is 5. The van der Waals surface area contributed by atoms with Gasteiger partial charge in [0.1, 0.15) is 11.4 Å². The fourth-order valence-corrected chi connectivity index (χ4v) is 3.68. The molecule has 0 bridgehead atoms. The zero-order valence-corrected chi connectivity index (χ0v) is 17.1. The van der Waals surface area contributed by atoms with Gasteiger partial charge in [-0.2, -0.15) is 10.2 Å². The minimum Gasteiger partial charge on any atom is -0.507 e. The van der Waals surface area contributed by atoms with Crippen molar-refractivity contribution in [1.82, 2.24) is 24.9 Å². The Balaban J connectivity index is 0.00000205. The van der Waals surface area contributed by atoms with Crippen LogP contribution in [0, 0.1) is 13.8 Å². The number of nitrogens with one attached hydrogen (secondary N) is 1. The third-order valence-electron chi connectivity index (χ3n) is 5.35. The first-order valence-corrected chi connectivity index (χ1v) is 9.42. The number of aromatic nitrogens is 4. The van der Waals surface area contributed by atoms with E-state index in [1.165, 1.54) is 0 Å². The Bertz CT molecular complexity index is 1180. The van der Waals surface area contributed by atoms with Crippen LogP contribution in [-0.4, -0.2) is 37.8 Å². The second kappa shape index (κ2) is 7.46. The van der Waals surface area contributed by atoms with E-state index < -0.39 is 0 Å². The number of nitrogens with zero attached hydrogens (tertiary/aromatic N) is 4. The average molecular weight is 408 g/mol. The predicted octanol–water partition coefficient (Wildman–Crippen LogP) is 3.89. The molecule has 0 amide bonds. The van der Waals surface area contributed by atoms with E-state index in [1.807, 2.05) is 54.9 Å². The Kier molecular flexibility index (Phi) is 4.98. The average Bonchev–Trinajstić information content (AvgIpc) is 3.02. The van der Waals surface area contributed by atoms with E-state index >= 15 is 0 Å². The van der Waals surface area contributed by atoms with Crippen molar-refractivity contribution in [3.05, 3.63) is 65.7 Å². The molecule has 1 aliphatic heterocycles. The van der Waals surface area contributed by atoms with Gasteiger partial charge in [0.2, 0.25) is 0 Å². The Labute approximate surface area is 175 Å². The predicted molar refractivity (Wildman–Crippen MR) is 116 cm³/mol. The molecule has 0 atom stereocenters. The molecule has 0 saturated carbocycles. The van der Waals surface area contributed by atoms with Crippen LogP contribution >= 0.6 is 12.4 Å². The molecular weight excluding hydrogens is 386 g/mol. The molecule has 6 nitrogen and oxygen atoms in total. The van der Waals surface area contributed by atoms with Crippen LogP contribution in [0.25, 0.3) is 28.0 Å². The maximum Gasteiger partial charge on any atom is 0.139 e. The smallest absolute Gasteiger partial charge is 0.139 e. The van der Waals surface area contributed by atoms with Gasteiger partial charge >= 0.3 is 0 Å². The van der Waals surface area contributed by atoms with Crippen molar-refractivity contribution in [3.8, 4) is 28.1 Å². The largest absolute Gasteiger partial charge is 0.507 e. The highest BCUT2D eigenvalue weighted by atomic mass is 35.5. The highest BCUT2D eigenvalue weighted by molar-refractivity contribution is 5.85. The summed E-state index contributed by atoms with van der Waals surface area (Å²) >= 11 is 0. The van der Waals surface area contributed by atoms with Gasteiger partial charge < -0.3 is 14.8 Å². The van der Waals surface area contributed by atoms with E-state index in [0.29, 0.717) is 17.2 Å². The Hall–Kier alpha value is -2.96. The summed E-state index contributed by atoms with van der Waals surface area (Å²) in [6, 6.07) is 11.7. The van der Waals surface area contributed by atoms with Crippen LogP contribution in [0.4, 0.5) is 0 Å². The fourth-order valence-electron chi connectivity index (χ4n) is 3.68. The molecule has 4 aromatic rings. The van der Waals surface area contributed by atoms with E-state index in [1.54, 1.807) is 6.07 Å². The molecule has 0 radical (unpaired) electrons. The Morgan fingerprint density at radius 2 is 1.83 bits per heavy atom. The quantitative estimate of drug-likeness (QED) is 0.539. The number of benzene rings is 1. The first-order valence-electron chi connectivity index (χ1n) is 9.42. The molecule has 4 heterocycles. The molecule has 0 aliphatic carbocycles. The number of pyridine rings is 1. The molecule has 7 heteroatoms. The van der Waals surface area contributed by atoms with E-state index in [-0.39, 0.29) is 18.2 Å². The highest BCUT2D eigenvalue weighted by Crippen LogP contribution is 2.33. The summed E-state index contributed by atoms with van der Waals surface area (Å²) in [5.74, 6) is 0.645. The second-order valence-electron chi connectivity index (χ2n) is 7.46. The second-order valence-corrected chi connectivity index (χ2v) is 7.46. The van der Waals surface area contributed by atoms with Crippen LogP contribution in [-0.2, 0) is 0 Å². The van der Waals surface area contributed by atoms with Crippen molar-refractivity contribution in [3.63, 3.8) is 0 Å². The van der Waals surface area contributed by atoms with Gasteiger partial charge in [-0.05, 0) is 60.9 Å². The SMILES string of the molecule is Cc1cn2cc(-c3ccc(-c4ccc(C5CNC5)nn4)c(O)c3)cc(C)c2n1.Cl. The standard InChI is InChI=1S/C22H21N5O.ClH/c1-13-7-16(12-27-11-14(2)24-22(13)27)15-3-4-18(21(28)8-15)20-6-5-19(25-26-20)17-9-23-10-17;/h3-8,11-12,17,23,28H,9-10H2,1-2H3;1H. The molecule has 3 aromatic heterocycles. The summed E-state index contributed by atoms with van der Waals surface area (Å²) < 4.78 is 2.03. The first kappa shape index (κ1) is 19.4. The molecule has 0 unspecified atom stereocenters. The van der Waals surface area contributed by atoms with E-state index in [4.69, 9.17) is 0 Å². The van der Waals surface area contributed by atoms with Gasteiger partial charge in [0.25, 0.3) is 0 Å². The van der Waals surface area contributed by atoms with Crippen LogP contribution in [0.15, 0.2) is 48.8 Å². The van der Waals surface area contributed by atoms with E-state index in [2.05, 4.69) is 26.6 Å². The van der Waals surface area contributed by atoms with Crippen LogP contribution in [0.5, 0.6) is 5.75 Å².